The van der Waals surface area contributed by atoms with Crippen LogP contribution in [0, 0.1) is 0 Å². The summed E-state index contributed by atoms with van der Waals surface area (Å²) in [5.41, 5.74) is 1.36. The van der Waals surface area contributed by atoms with Crippen LogP contribution in [0.1, 0.15) is 24.4 Å². The van der Waals surface area contributed by atoms with Crippen LogP contribution < -0.4 is 10.6 Å². The number of carbonyl (C=O) groups is 2. The second-order valence-electron chi connectivity index (χ2n) is 4.94. The molecule has 6 nitrogen and oxygen atoms in total. The van der Waals surface area contributed by atoms with Crippen LogP contribution in [0.2, 0.25) is 0 Å². The van der Waals surface area contributed by atoms with Crippen LogP contribution in [0.4, 0.5) is 0 Å². The zero-order chi connectivity index (χ0) is 14.4. The number of hydrogen-bond donors (Lipinski definition) is 2. The van der Waals surface area contributed by atoms with Crippen LogP contribution in [0.3, 0.4) is 0 Å². The number of rotatable bonds is 1. The van der Waals surface area contributed by atoms with Gasteiger partial charge in [0.25, 0.3) is 0 Å². The summed E-state index contributed by atoms with van der Waals surface area (Å²) in [4.78, 5) is 27.1. The Kier molecular flexibility index (Phi) is 5.06. The molecule has 2 saturated heterocycles. The van der Waals surface area contributed by atoms with Crippen LogP contribution in [-0.4, -0.2) is 48.4 Å². The third-order valence-corrected chi connectivity index (χ3v) is 3.49. The number of pyridine rings is 1. The standard InChI is InChI=1S/C10H14N2.C4H6N2O2/c1-12-7-3-5-10(12)9-4-2-6-11-8-9;7-3-4(8)6-2-1-5-3/h2,4,6,8,10H,3,5,7H2,1H3;1-2H2,(H,5,7)(H,6,8). The topological polar surface area (TPSA) is 74.3 Å². The Labute approximate surface area is 118 Å². The van der Waals surface area contributed by atoms with E-state index in [1.807, 2.05) is 18.5 Å². The van der Waals surface area contributed by atoms with E-state index in [4.69, 9.17) is 0 Å². The molecule has 0 radical (unpaired) electrons. The molecule has 0 saturated carbocycles. The van der Waals surface area contributed by atoms with Gasteiger partial charge in [0.1, 0.15) is 0 Å². The zero-order valence-electron chi connectivity index (χ0n) is 11.6. The van der Waals surface area contributed by atoms with Crippen LogP contribution in [0.15, 0.2) is 24.5 Å². The first-order valence-corrected chi connectivity index (χ1v) is 6.84. The molecule has 2 aliphatic heterocycles. The van der Waals surface area contributed by atoms with Gasteiger partial charge in [0.15, 0.2) is 0 Å². The first-order chi connectivity index (χ1) is 9.68. The minimum Gasteiger partial charge on any atom is -0.346 e. The molecule has 2 aliphatic rings. The van der Waals surface area contributed by atoms with Gasteiger partial charge in [-0.15, -0.1) is 0 Å². The van der Waals surface area contributed by atoms with Gasteiger partial charge in [0.05, 0.1) is 0 Å². The monoisotopic (exact) mass is 276 g/mol. The van der Waals surface area contributed by atoms with Crippen molar-refractivity contribution in [2.24, 2.45) is 0 Å². The maximum atomic E-state index is 10.3. The van der Waals surface area contributed by atoms with Crippen molar-refractivity contribution < 1.29 is 9.59 Å². The highest BCUT2D eigenvalue weighted by Gasteiger charge is 2.22. The fourth-order valence-corrected chi connectivity index (χ4v) is 2.42. The van der Waals surface area contributed by atoms with Gasteiger partial charge in [-0.3, -0.25) is 19.5 Å². The molecular formula is C14H20N4O2. The molecule has 6 heteroatoms. The van der Waals surface area contributed by atoms with Crippen molar-refractivity contribution in [3.8, 4) is 0 Å². The molecule has 1 aromatic heterocycles. The van der Waals surface area contributed by atoms with E-state index >= 15 is 0 Å². The molecule has 1 atom stereocenters. The SMILES string of the molecule is CN1CCCC1c1cccnc1.O=C1NCCNC1=O. The number of nitrogens with one attached hydrogen (secondary N) is 2. The highest BCUT2D eigenvalue weighted by atomic mass is 16.2. The van der Waals surface area contributed by atoms with Crippen LogP contribution in [-0.2, 0) is 9.59 Å². The second-order valence-corrected chi connectivity index (χ2v) is 4.94. The number of piperazine rings is 1. The first kappa shape index (κ1) is 14.5. The molecule has 2 amide bonds. The predicted octanol–water partition coefficient (Wildman–Crippen LogP) is 0.0807. The van der Waals surface area contributed by atoms with Gasteiger partial charge in [-0.05, 0) is 38.1 Å². The third kappa shape index (κ3) is 3.77. The summed E-state index contributed by atoms with van der Waals surface area (Å²) >= 11 is 0. The van der Waals surface area contributed by atoms with E-state index in [9.17, 15) is 9.59 Å². The first-order valence-electron chi connectivity index (χ1n) is 6.84. The maximum absolute atomic E-state index is 10.3. The second kappa shape index (κ2) is 7.00. The normalized spacial score (nSPS) is 22.6. The molecule has 1 aromatic rings. The highest BCUT2D eigenvalue weighted by molar-refractivity contribution is 6.35. The van der Waals surface area contributed by atoms with E-state index in [0.29, 0.717) is 19.1 Å². The Morgan fingerprint density at radius 1 is 1.25 bits per heavy atom. The number of amides is 2. The highest BCUT2D eigenvalue weighted by Crippen LogP contribution is 2.29. The molecule has 3 rings (SSSR count). The van der Waals surface area contributed by atoms with E-state index < -0.39 is 11.8 Å². The fraction of sp³-hybridized carbons (Fsp3) is 0.500. The lowest BCUT2D eigenvalue weighted by atomic mass is 10.1. The maximum Gasteiger partial charge on any atom is 0.309 e. The molecule has 3 heterocycles. The Bertz CT molecular complexity index is 448. The van der Waals surface area contributed by atoms with Gasteiger partial charge >= 0.3 is 11.8 Å². The minimum atomic E-state index is -0.531. The summed E-state index contributed by atoms with van der Waals surface area (Å²) in [7, 11) is 2.19. The van der Waals surface area contributed by atoms with Gasteiger partial charge in [0, 0.05) is 31.5 Å². The van der Waals surface area contributed by atoms with Crippen molar-refractivity contribution in [3.63, 3.8) is 0 Å². The number of carbonyl (C=O) groups excluding carboxylic acids is 2. The Balaban J connectivity index is 0.000000160. The molecule has 20 heavy (non-hydrogen) atoms. The van der Waals surface area contributed by atoms with E-state index in [2.05, 4.69) is 33.6 Å². The molecule has 0 spiro atoms. The molecule has 108 valence electrons. The molecule has 0 aromatic carbocycles. The lowest BCUT2D eigenvalue weighted by Gasteiger charge is -2.18. The minimum absolute atomic E-state index is 0.531. The third-order valence-electron chi connectivity index (χ3n) is 3.49. The van der Waals surface area contributed by atoms with Gasteiger partial charge < -0.3 is 10.6 Å². The van der Waals surface area contributed by atoms with Crippen LogP contribution in [0.25, 0.3) is 0 Å². The van der Waals surface area contributed by atoms with E-state index in [0.717, 1.165) is 0 Å². The summed E-state index contributed by atoms with van der Waals surface area (Å²) in [5.74, 6) is -1.06. The van der Waals surface area contributed by atoms with Gasteiger partial charge in [-0.2, -0.15) is 0 Å². The summed E-state index contributed by atoms with van der Waals surface area (Å²) in [6.07, 6.45) is 6.41. The number of likely N-dealkylation sites (tertiary alicyclic amines) is 1. The predicted molar refractivity (Wildman–Crippen MR) is 74.9 cm³/mol. The number of hydrogen-bond acceptors (Lipinski definition) is 4. The number of aromatic nitrogens is 1. The quantitative estimate of drug-likeness (QED) is 0.712. The summed E-state index contributed by atoms with van der Waals surface area (Å²) in [5, 5.41) is 4.76. The molecule has 2 fully saturated rings. The smallest absolute Gasteiger partial charge is 0.309 e. The summed E-state index contributed by atoms with van der Waals surface area (Å²) < 4.78 is 0. The Morgan fingerprint density at radius 3 is 2.40 bits per heavy atom. The van der Waals surface area contributed by atoms with Gasteiger partial charge in [-0.25, -0.2) is 0 Å². The van der Waals surface area contributed by atoms with Crippen LogP contribution >= 0.6 is 0 Å². The van der Waals surface area contributed by atoms with E-state index in [-0.39, 0.29) is 0 Å². The van der Waals surface area contributed by atoms with Gasteiger partial charge in [0.2, 0.25) is 0 Å². The average molecular weight is 276 g/mol. The molecular weight excluding hydrogens is 256 g/mol. The zero-order valence-corrected chi connectivity index (χ0v) is 11.6. The van der Waals surface area contributed by atoms with Crippen molar-refractivity contribution in [2.45, 2.75) is 18.9 Å². The van der Waals surface area contributed by atoms with Crippen molar-refractivity contribution in [1.29, 1.82) is 0 Å². The molecule has 0 aliphatic carbocycles. The van der Waals surface area contributed by atoms with E-state index in [1.54, 1.807) is 0 Å². The number of nitrogens with zero attached hydrogens (tertiary/aromatic N) is 2. The average Bonchev–Trinajstić information content (AvgIpc) is 2.90. The van der Waals surface area contributed by atoms with E-state index in [1.165, 1.54) is 24.9 Å². The largest absolute Gasteiger partial charge is 0.346 e. The lowest BCUT2D eigenvalue weighted by Crippen LogP contribution is -2.49. The fourth-order valence-electron chi connectivity index (χ4n) is 2.42. The van der Waals surface area contributed by atoms with Crippen molar-refractivity contribution in [1.82, 2.24) is 20.5 Å². The van der Waals surface area contributed by atoms with Crippen molar-refractivity contribution in [3.05, 3.63) is 30.1 Å². The Hall–Kier alpha value is -1.95. The molecule has 1 unspecified atom stereocenters. The van der Waals surface area contributed by atoms with Crippen molar-refractivity contribution >= 4 is 11.8 Å². The molecule has 2 N–H and O–H groups in total. The lowest BCUT2D eigenvalue weighted by molar-refractivity contribution is -0.140. The van der Waals surface area contributed by atoms with Crippen molar-refractivity contribution in [2.75, 3.05) is 26.7 Å². The Morgan fingerprint density at radius 2 is 1.95 bits per heavy atom. The van der Waals surface area contributed by atoms with Gasteiger partial charge in [-0.1, -0.05) is 6.07 Å². The molecule has 0 bridgehead atoms. The van der Waals surface area contributed by atoms with Crippen LogP contribution in [0.5, 0.6) is 0 Å². The summed E-state index contributed by atoms with van der Waals surface area (Å²) in [6.45, 7) is 2.31. The summed E-state index contributed by atoms with van der Waals surface area (Å²) in [6, 6.07) is 4.79.